The van der Waals surface area contributed by atoms with Crippen molar-refractivity contribution in [3.05, 3.63) is 0 Å². The van der Waals surface area contributed by atoms with E-state index in [4.69, 9.17) is 0 Å². The van der Waals surface area contributed by atoms with Crippen LogP contribution in [0.1, 0.15) is 45.4 Å². The molecular weight excluding hydrogens is 222 g/mol. The van der Waals surface area contributed by atoms with Crippen molar-refractivity contribution in [3.8, 4) is 0 Å². The van der Waals surface area contributed by atoms with E-state index in [9.17, 15) is 0 Å². The van der Waals surface area contributed by atoms with Crippen LogP contribution >= 0.6 is 0 Å². The van der Waals surface area contributed by atoms with Crippen molar-refractivity contribution in [1.29, 1.82) is 0 Å². The van der Waals surface area contributed by atoms with E-state index < -0.39 is 0 Å². The number of rotatable bonds is 6. The van der Waals surface area contributed by atoms with E-state index in [0.717, 1.165) is 6.04 Å². The molecule has 0 bridgehead atoms. The van der Waals surface area contributed by atoms with Gasteiger partial charge in [0.05, 0.1) is 0 Å². The second kappa shape index (κ2) is 7.46. The van der Waals surface area contributed by atoms with Crippen LogP contribution in [0.3, 0.4) is 0 Å². The Morgan fingerprint density at radius 2 is 1.78 bits per heavy atom. The van der Waals surface area contributed by atoms with Gasteiger partial charge >= 0.3 is 0 Å². The van der Waals surface area contributed by atoms with Crippen molar-refractivity contribution in [3.63, 3.8) is 0 Å². The van der Waals surface area contributed by atoms with Gasteiger partial charge in [-0.2, -0.15) is 0 Å². The summed E-state index contributed by atoms with van der Waals surface area (Å²) < 4.78 is 0. The lowest BCUT2D eigenvalue weighted by molar-refractivity contribution is 0.0964. The number of nitrogens with zero attached hydrogens (tertiary/aromatic N) is 2. The number of hydrogen-bond acceptors (Lipinski definition) is 3. The number of nitrogens with one attached hydrogen (secondary N) is 1. The summed E-state index contributed by atoms with van der Waals surface area (Å²) in [5.74, 6) is 0. The maximum atomic E-state index is 3.32. The van der Waals surface area contributed by atoms with Crippen LogP contribution in [0.4, 0.5) is 0 Å². The molecule has 1 saturated heterocycles. The first-order valence-corrected chi connectivity index (χ1v) is 7.93. The van der Waals surface area contributed by atoms with E-state index in [2.05, 4.69) is 29.1 Å². The highest BCUT2D eigenvalue weighted by Crippen LogP contribution is 2.24. The van der Waals surface area contributed by atoms with E-state index in [1.54, 1.807) is 0 Å². The Balaban J connectivity index is 1.58. The monoisotopic (exact) mass is 253 g/mol. The molecule has 0 radical (unpaired) electrons. The third-order valence-corrected chi connectivity index (χ3v) is 4.85. The van der Waals surface area contributed by atoms with Crippen molar-refractivity contribution in [2.45, 2.75) is 57.5 Å². The quantitative estimate of drug-likeness (QED) is 0.780. The molecule has 1 unspecified atom stereocenters. The van der Waals surface area contributed by atoms with Gasteiger partial charge in [0.2, 0.25) is 0 Å². The van der Waals surface area contributed by atoms with Crippen LogP contribution in [-0.2, 0) is 0 Å². The highest BCUT2D eigenvalue weighted by atomic mass is 15.3. The lowest BCUT2D eigenvalue weighted by Crippen LogP contribution is -2.49. The molecule has 1 N–H and O–H groups in total. The molecule has 3 heteroatoms. The topological polar surface area (TPSA) is 18.5 Å². The minimum atomic E-state index is 0.671. The molecule has 2 fully saturated rings. The molecule has 106 valence electrons. The average molecular weight is 253 g/mol. The Kier molecular flexibility index (Phi) is 5.93. The predicted octanol–water partition coefficient (Wildman–Crippen LogP) is 1.93. The molecule has 0 aromatic rings. The lowest BCUT2D eigenvalue weighted by atomic mass is 10.1. The first kappa shape index (κ1) is 14.3. The van der Waals surface area contributed by atoms with Crippen LogP contribution < -0.4 is 5.32 Å². The molecular formula is C15H31N3. The molecule has 1 aliphatic carbocycles. The zero-order valence-corrected chi connectivity index (χ0v) is 12.3. The Morgan fingerprint density at radius 1 is 1.11 bits per heavy atom. The Hall–Kier alpha value is -0.120. The zero-order valence-electron chi connectivity index (χ0n) is 12.3. The minimum Gasteiger partial charge on any atom is -0.317 e. The van der Waals surface area contributed by atoms with Crippen LogP contribution in [0, 0.1) is 0 Å². The van der Waals surface area contributed by atoms with Gasteiger partial charge in [-0.1, -0.05) is 12.8 Å². The first-order chi connectivity index (χ1) is 8.79. The van der Waals surface area contributed by atoms with Gasteiger partial charge in [0.1, 0.15) is 0 Å². The van der Waals surface area contributed by atoms with Crippen molar-refractivity contribution in [1.82, 2.24) is 15.1 Å². The van der Waals surface area contributed by atoms with Gasteiger partial charge in [-0.15, -0.1) is 0 Å². The third kappa shape index (κ3) is 4.22. The van der Waals surface area contributed by atoms with Crippen molar-refractivity contribution >= 4 is 0 Å². The predicted molar refractivity (Wildman–Crippen MR) is 78.0 cm³/mol. The fourth-order valence-corrected chi connectivity index (χ4v) is 3.39. The Bertz CT molecular complexity index is 218. The summed E-state index contributed by atoms with van der Waals surface area (Å²) in [5, 5.41) is 3.32. The summed E-state index contributed by atoms with van der Waals surface area (Å²) in [6.07, 6.45) is 8.49. The Labute approximate surface area is 113 Å². The molecule has 3 nitrogen and oxygen atoms in total. The molecule has 0 aromatic heterocycles. The van der Waals surface area contributed by atoms with Crippen LogP contribution in [0.15, 0.2) is 0 Å². The summed E-state index contributed by atoms with van der Waals surface area (Å²) in [6, 6.07) is 1.60. The van der Waals surface area contributed by atoms with Gasteiger partial charge in [-0.05, 0) is 46.2 Å². The van der Waals surface area contributed by atoms with Crippen LogP contribution in [0.5, 0.6) is 0 Å². The summed E-state index contributed by atoms with van der Waals surface area (Å²) in [7, 11) is 2.06. The lowest BCUT2D eigenvalue weighted by Gasteiger charge is -2.38. The van der Waals surface area contributed by atoms with E-state index in [1.165, 1.54) is 71.2 Å². The summed E-state index contributed by atoms with van der Waals surface area (Å²) in [4.78, 5) is 5.41. The fourth-order valence-electron chi connectivity index (χ4n) is 3.39. The van der Waals surface area contributed by atoms with Gasteiger partial charge in [0.15, 0.2) is 0 Å². The molecule has 1 atom stereocenters. The fraction of sp³-hybridized carbons (Fsp3) is 1.00. The smallest absolute Gasteiger partial charge is 0.0113 e. The molecule has 0 amide bonds. The van der Waals surface area contributed by atoms with Gasteiger partial charge in [-0.3, -0.25) is 4.90 Å². The summed E-state index contributed by atoms with van der Waals surface area (Å²) in [6.45, 7) is 8.79. The van der Waals surface area contributed by atoms with Crippen LogP contribution in [-0.4, -0.2) is 61.7 Å². The molecule has 1 heterocycles. The molecule has 1 saturated carbocycles. The normalized spacial score (nSPS) is 25.7. The van der Waals surface area contributed by atoms with Crippen molar-refractivity contribution in [2.75, 3.05) is 39.8 Å². The standard InChI is InChI=1S/C15H31N3/c1-14(16-2)6-5-9-17-10-12-18(13-11-17)15-7-3-4-8-15/h14-16H,3-13H2,1-2H3. The number of hydrogen-bond donors (Lipinski definition) is 1. The largest absolute Gasteiger partial charge is 0.317 e. The van der Waals surface area contributed by atoms with Crippen LogP contribution in [0.25, 0.3) is 0 Å². The highest BCUT2D eigenvalue weighted by molar-refractivity contribution is 4.82. The first-order valence-electron chi connectivity index (χ1n) is 7.93. The number of piperazine rings is 1. The maximum absolute atomic E-state index is 3.32. The zero-order chi connectivity index (χ0) is 12.8. The average Bonchev–Trinajstić information content (AvgIpc) is 2.93. The third-order valence-electron chi connectivity index (χ3n) is 4.85. The van der Waals surface area contributed by atoms with Gasteiger partial charge < -0.3 is 10.2 Å². The second-order valence-electron chi connectivity index (χ2n) is 6.15. The van der Waals surface area contributed by atoms with Gasteiger partial charge in [0.25, 0.3) is 0 Å². The molecule has 2 aliphatic rings. The SMILES string of the molecule is CNC(C)CCCN1CCN(C2CCCC2)CC1. The molecule has 1 aliphatic heterocycles. The molecule has 0 aromatic carbocycles. The highest BCUT2D eigenvalue weighted by Gasteiger charge is 2.25. The van der Waals surface area contributed by atoms with Gasteiger partial charge in [0, 0.05) is 38.3 Å². The second-order valence-corrected chi connectivity index (χ2v) is 6.15. The van der Waals surface area contributed by atoms with Crippen molar-refractivity contribution in [2.24, 2.45) is 0 Å². The van der Waals surface area contributed by atoms with E-state index in [-0.39, 0.29) is 0 Å². The van der Waals surface area contributed by atoms with Crippen LogP contribution in [0.2, 0.25) is 0 Å². The van der Waals surface area contributed by atoms with Crippen molar-refractivity contribution < 1.29 is 0 Å². The van der Waals surface area contributed by atoms with E-state index in [0.29, 0.717) is 6.04 Å². The van der Waals surface area contributed by atoms with Gasteiger partial charge in [-0.25, -0.2) is 0 Å². The molecule has 18 heavy (non-hydrogen) atoms. The summed E-state index contributed by atoms with van der Waals surface area (Å²) in [5.41, 5.74) is 0. The maximum Gasteiger partial charge on any atom is 0.0113 e. The summed E-state index contributed by atoms with van der Waals surface area (Å²) >= 11 is 0. The Morgan fingerprint density at radius 3 is 2.39 bits per heavy atom. The van der Waals surface area contributed by atoms with E-state index in [1.807, 2.05) is 0 Å². The van der Waals surface area contributed by atoms with E-state index >= 15 is 0 Å². The molecule has 2 rings (SSSR count). The minimum absolute atomic E-state index is 0.671. The molecule has 0 spiro atoms.